The highest BCUT2D eigenvalue weighted by atomic mass is 15.1. The first kappa shape index (κ1) is 12.4. The van der Waals surface area contributed by atoms with E-state index < -0.39 is 0 Å². The molecule has 1 saturated heterocycles. The molecule has 0 radical (unpaired) electrons. The van der Waals surface area contributed by atoms with Crippen LogP contribution in [0.25, 0.3) is 0 Å². The van der Waals surface area contributed by atoms with Gasteiger partial charge in [0.05, 0.1) is 12.0 Å². The maximum Gasteiger partial charge on any atom is 0.0951 e. The summed E-state index contributed by atoms with van der Waals surface area (Å²) in [4.78, 5) is 4.33. The van der Waals surface area contributed by atoms with E-state index in [0.29, 0.717) is 6.04 Å². The van der Waals surface area contributed by atoms with Crippen LogP contribution in [0.15, 0.2) is 36.8 Å². The molecule has 100 valence electrons. The molecule has 3 heteroatoms. The second kappa shape index (κ2) is 5.57. The Labute approximate surface area is 114 Å². The molecule has 0 aliphatic carbocycles. The Morgan fingerprint density at radius 3 is 2.84 bits per heavy atom. The number of aryl methyl sites for hydroxylation is 1. The van der Waals surface area contributed by atoms with Crippen molar-refractivity contribution >= 4 is 0 Å². The summed E-state index contributed by atoms with van der Waals surface area (Å²) in [5.74, 6) is 0. The summed E-state index contributed by atoms with van der Waals surface area (Å²) in [5.41, 5.74) is 3.96. The van der Waals surface area contributed by atoms with Crippen molar-refractivity contribution in [3.63, 3.8) is 0 Å². The zero-order valence-corrected chi connectivity index (χ0v) is 11.5. The molecule has 0 amide bonds. The molecule has 1 atom stereocenters. The van der Waals surface area contributed by atoms with Gasteiger partial charge in [0.1, 0.15) is 0 Å². The first-order valence-corrected chi connectivity index (χ1v) is 7.12. The molecule has 3 rings (SSSR count). The monoisotopic (exact) mass is 255 g/mol. The van der Waals surface area contributed by atoms with Crippen molar-refractivity contribution in [3.8, 4) is 0 Å². The van der Waals surface area contributed by atoms with Crippen molar-refractivity contribution in [1.82, 2.24) is 14.9 Å². The third kappa shape index (κ3) is 2.87. The quantitative estimate of drug-likeness (QED) is 0.913. The van der Waals surface area contributed by atoms with Gasteiger partial charge < -0.3 is 9.88 Å². The molecule has 1 N–H and O–H groups in total. The fourth-order valence-corrected chi connectivity index (χ4v) is 2.75. The average Bonchev–Trinajstić information content (AvgIpc) is 2.90. The zero-order chi connectivity index (χ0) is 13.1. The highest BCUT2D eigenvalue weighted by Gasteiger charge is 2.18. The van der Waals surface area contributed by atoms with Crippen molar-refractivity contribution in [2.24, 2.45) is 0 Å². The number of nitrogens with one attached hydrogen (secondary N) is 1. The summed E-state index contributed by atoms with van der Waals surface area (Å²) < 4.78 is 2.27. The third-order valence-corrected chi connectivity index (χ3v) is 3.89. The van der Waals surface area contributed by atoms with E-state index >= 15 is 0 Å². The van der Waals surface area contributed by atoms with Crippen LogP contribution in [0.4, 0.5) is 0 Å². The summed E-state index contributed by atoms with van der Waals surface area (Å²) in [6.45, 7) is 4.16. The van der Waals surface area contributed by atoms with E-state index in [2.05, 4.69) is 46.1 Å². The van der Waals surface area contributed by atoms with E-state index in [1.807, 2.05) is 12.5 Å². The topological polar surface area (TPSA) is 29.9 Å². The van der Waals surface area contributed by atoms with Gasteiger partial charge in [-0.3, -0.25) is 0 Å². The van der Waals surface area contributed by atoms with Gasteiger partial charge in [-0.15, -0.1) is 0 Å². The van der Waals surface area contributed by atoms with Gasteiger partial charge >= 0.3 is 0 Å². The lowest BCUT2D eigenvalue weighted by molar-refractivity contribution is 0.396. The van der Waals surface area contributed by atoms with Crippen LogP contribution in [0, 0.1) is 6.92 Å². The molecule has 1 fully saturated rings. The number of rotatable bonds is 3. The molecule has 3 nitrogen and oxygen atoms in total. The van der Waals surface area contributed by atoms with Crippen LogP contribution in [0.5, 0.6) is 0 Å². The van der Waals surface area contributed by atoms with Crippen molar-refractivity contribution in [3.05, 3.63) is 53.6 Å². The van der Waals surface area contributed by atoms with Gasteiger partial charge in [0.25, 0.3) is 0 Å². The fourth-order valence-electron chi connectivity index (χ4n) is 2.75. The lowest BCUT2D eigenvalue weighted by atomic mass is 10.0. The van der Waals surface area contributed by atoms with E-state index in [1.165, 1.54) is 36.1 Å². The number of hydrogen-bond acceptors (Lipinski definition) is 2. The lowest BCUT2D eigenvalue weighted by Crippen LogP contribution is -2.28. The molecular formula is C16H21N3. The van der Waals surface area contributed by atoms with Crippen molar-refractivity contribution in [1.29, 1.82) is 0 Å². The molecule has 1 unspecified atom stereocenters. The molecule has 0 spiro atoms. The second-order valence-corrected chi connectivity index (χ2v) is 5.43. The van der Waals surface area contributed by atoms with Gasteiger partial charge in [-0.2, -0.15) is 0 Å². The normalized spacial score (nSPS) is 19.5. The van der Waals surface area contributed by atoms with E-state index in [-0.39, 0.29) is 0 Å². The number of hydrogen-bond donors (Lipinski definition) is 1. The first-order chi connectivity index (χ1) is 9.33. The Morgan fingerprint density at radius 2 is 2.11 bits per heavy atom. The zero-order valence-electron chi connectivity index (χ0n) is 11.5. The Balaban J connectivity index is 1.77. The molecular weight excluding hydrogens is 234 g/mol. The lowest BCUT2D eigenvalue weighted by Gasteiger charge is -2.24. The molecule has 1 aromatic carbocycles. The van der Waals surface area contributed by atoms with Crippen LogP contribution in [0.3, 0.4) is 0 Å². The summed E-state index contributed by atoms with van der Waals surface area (Å²) in [6, 6.07) is 9.22. The minimum atomic E-state index is 0.474. The summed E-state index contributed by atoms with van der Waals surface area (Å²) in [7, 11) is 0. The van der Waals surface area contributed by atoms with Crippen LogP contribution in [0.2, 0.25) is 0 Å². The maximum atomic E-state index is 4.33. The van der Waals surface area contributed by atoms with Gasteiger partial charge in [-0.05, 0) is 31.9 Å². The predicted molar refractivity (Wildman–Crippen MR) is 77.1 cm³/mol. The number of imidazole rings is 1. The maximum absolute atomic E-state index is 4.33. The first-order valence-electron chi connectivity index (χ1n) is 7.12. The largest absolute Gasteiger partial charge is 0.329 e. The predicted octanol–water partition coefficient (Wildman–Crippen LogP) is 3.05. The van der Waals surface area contributed by atoms with Crippen molar-refractivity contribution in [2.45, 2.75) is 38.8 Å². The molecule has 19 heavy (non-hydrogen) atoms. The van der Waals surface area contributed by atoms with Crippen LogP contribution >= 0.6 is 0 Å². The second-order valence-electron chi connectivity index (χ2n) is 5.43. The fraction of sp³-hybridized carbons (Fsp3) is 0.438. The molecule has 1 aliphatic heterocycles. The molecule has 0 bridgehead atoms. The van der Waals surface area contributed by atoms with Gasteiger partial charge in [-0.1, -0.05) is 36.2 Å². The van der Waals surface area contributed by atoms with E-state index in [4.69, 9.17) is 0 Å². The Morgan fingerprint density at radius 1 is 1.26 bits per heavy atom. The van der Waals surface area contributed by atoms with E-state index in [1.54, 1.807) is 0 Å². The van der Waals surface area contributed by atoms with Crippen LogP contribution in [-0.2, 0) is 6.54 Å². The van der Waals surface area contributed by atoms with Gasteiger partial charge in [0, 0.05) is 18.8 Å². The van der Waals surface area contributed by atoms with Crippen molar-refractivity contribution < 1.29 is 0 Å². The van der Waals surface area contributed by atoms with Gasteiger partial charge in [0.15, 0.2) is 0 Å². The number of aromatic nitrogens is 2. The molecule has 1 aliphatic rings. The molecule has 0 saturated carbocycles. The summed E-state index contributed by atoms with van der Waals surface area (Å²) in [5, 5.41) is 3.60. The van der Waals surface area contributed by atoms with Crippen LogP contribution < -0.4 is 5.32 Å². The Bertz CT molecular complexity index is 521. The smallest absolute Gasteiger partial charge is 0.0951 e. The minimum Gasteiger partial charge on any atom is -0.329 e. The average molecular weight is 255 g/mol. The van der Waals surface area contributed by atoms with E-state index in [9.17, 15) is 0 Å². The van der Waals surface area contributed by atoms with Gasteiger partial charge in [0.2, 0.25) is 0 Å². The molecule has 2 heterocycles. The molecule has 2 aromatic rings. The van der Waals surface area contributed by atoms with Crippen molar-refractivity contribution in [2.75, 3.05) is 6.54 Å². The highest BCUT2D eigenvalue weighted by Crippen LogP contribution is 2.23. The number of benzene rings is 1. The minimum absolute atomic E-state index is 0.474. The number of nitrogens with zero attached hydrogens (tertiary/aromatic N) is 2. The Hall–Kier alpha value is -1.61. The van der Waals surface area contributed by atoms with Crippen LogP contribution in [-0.4, -0.2) is 16.1 Å². The number of piperidine rings is 1. The summed E-state index contributed by atoms with van der Waals surface area (Å²) in [6.07, 6.45) is 7.79. The van der Waals surface area contributed by atoms with Gasteiger partial charge in [-0.25, -0.2) is 4.98 Å². The van der Waals surface area contributed by atoms with E-state index in [0.717, 1.165) is 13.1 Å². The standard InChI is InChI=1S/C16H21N3/c1-13-5-7-14(8-6-13)11-19-12-17-10-16(19)15-4-2-3-9-18-15/h5-8,10,12,15,18H,2-4,9,11H2,1H3. The summed E-state index contributed by atoms with van der Waals surface area (Å²) >= 11 is 0. The van der Waals surface area contributed by atoms with Crippen LogP contribution in [0.1, 0.15) is 42.1 Å². The third-order valence-electron chi connectivity index (χ3n) is 3.89. The molecule has 1 aromatic heterocycles. The highest BCUT2D eigenvalue weighted by molar-refractivity contribution is 5.22. The SMILES string of the molecule is Cc1ccc(Cn2cncc2C2CCCCN2)cc1. The Kier molecular flexibility index (Phi) is 3.65.